The number of amides is 1. The molecule has 224 valence electrons. The molecule has 1 aliphatic rings. The first kappa shape index (κ1) is 30.7. The van der Waals surface area contributed by atoms with Gasteiger partial charge in [0.05, 0.1) is 10.8 Å². The van der Waals surface area contributed by atoms with Crippen molar-refractivity contribution in [2.45, 2.75) is 55.4 Å². The van der Waals surface area contributed by atoms with Crippen LogP contribution in [0.5, 0.6) is 0 Å². The maximum Gasteiger partial charge on any atom is 0.227 e. The molecule has 6 heteroatoms. The van der Waals surface area contributed by atoms with Gasteiger partial charge in [0.15, 0.2) is 9.84 Å². The van der Waals surface area contributed by atoms with E-state index in [1.807, 2.05) is 13.0 Å². The van der Waals surface area contributed by atoms with E-state index in [0.717, 1.165) is 44.5 Å². The number of nitrogens with zero attached hydrogens (tertiary/aromatic N) is 1. The fraction of sp³-hybridized carbons (Fsp3) is 0.324. The average molecular weight is 595 g/mol. The van der Waals surface area contributed by atoms with Crippen molar-refractivity contribution in [2.24, 2.45) is 0 Å². The summed E-state index contributed by atoms with van der Waals surface area (Å²) in [5, 5.41) is 3.29. The van der Waals surface area contributed by atoms with Crippen LogP contribution in [0.1, 0.15) is 61.1 Å². The highest BCUT2D eigenvalue weighted by molar-refractivity contribution is 7.90. The quantitative estimate of drug-likeness (QED) is 0.202. The Bertz CT molecular complexity index is 1560. The van der Waals surface area contributed by atoms with Crippen LogP contribution in [0.25, 0.3) is 11.1 Å². The molecule has 0 saturated carbocycles. The lowest BCUT2D eigenvalue weighted by Crippen LogP contribution is -2.46. The fourth-order valence-electron chi connectivity index (χ4n) is 6.18. The zero-order valence-electron chi connectivity index (χ0n) is 25.2. The summed E-state index contributed by atoms with van der Waals surface area (Å²) in [4.78, 5) is 16.0. The highest BCUT2D eigenvalue weighted by Gasteiger charge is 2.26. The molecule has 1 amide bonds. The van der Waals surface area contributed by atoms with Gasteiger partial charge in [-0.15, -0.1) is 0 Å². The zero-order valence-corrected chi connectivity index (χ0v) is 26.0. The smallest absolute Gasteiger partial charge is 0.227 e. The fourth-order valence-corrected chi connectivity index (χ4v) is 6.81. The van der Waals surface area contributed by atoms with Crippen molar-refractivity contribution in [3.63, 3.8) is 0 Å². The van der Waals surface area contributed by atoms with Crippen LogP contribution in [-0.4, -0.2) is 51.2 Å². The number of hydrogen-bond donors (Lipinski definition) is 1. The van der Waals surface area contributed by atoms with Crippen molar-refractivity contribution in [3.05, 3.63) is 126 Å². The highest BCUT2D eigenvalue weighted by Crippen LogP contribution is 2.31. The molecule has 2 atom stereocenters. The maximum absolute atomic E-state index is 13.2. The minimum Gasteiger partial charge on any atom is -0.353 e. The number of hydrogen-bond acceptors (Lipinski definition) is 4. The summed E-state index contributed by atoms with van der Waals surface area (Å²) in [5.74, 6) is 0.0607. The summed E-state index contributed by atoms with van der Waals surface area (Å²) >= 11 is 0. The number of likely N-dealkylation sites (tertiary alicyclic amines) is 1. The largest absolute Gasteiger partial charge is 0.353 e. The molecule has 5 nitrogen and oxygen atoms in total. The van der Waals surface area contributed by atoms with Crippen LogP contribution in [-0.2, 0) is 14.6 Å². The molecule has 5 rings (SSSR count). The molecule has 0 bridgehead atoms. The monoisotopic (exact) mass is 594 g/mol. The predicted molar refractivity (Wildman–Crippen MR) is 175 cm³/mol. The molecule has 43 heavy (non-hydrogen) atoms. The molecule has 4 aromatic rings. The molecule has 2 unspecified atom stereocenters. The van der Waals surface area contributed by atoms with Gasteiger partial charge in [0.1, 0.15) is 0 Å². The first-order valence-corrected chi connectivity index (χ1v) is 17.2. The number of carbonyl (C=O) groups excluding carboxylic acids is 1. The summed E-state index contributed by atoms with van der Waals surface area (Å²) < 4.78 is 23.6. The Kier molecular flexibility index (Phi) is 10.1. The Morgan fingerprint density at radius 1 is 0.767 bits per heavy atom. The third kappa shape index (κ3) is 8.01. The van der Waals surface area contributed by atoms with E-state index in [9.17, 15) is 13.2 Å². The number of sulfone groups is 1. The number of carbonyl (C=O) groups is 1. The number of rotatable bonds is 11. The van der Waals surface area contributed by atoms with Gasteiger partial charge in [-0.05, 0) is 72.2 Å². The van der Waals surface area contributed by atoms with Gasteiger partial charge in [-0.2, -0.15) is 0 Å². The maximum atomic E-state index is 13.2. The van der Waals surface area contributed by atoms with Gasteiger partial charge in [0.2, 0.25) is 5.91 Å². The molecule has 0 radical (unpaired) electrons. The Hall–Kier alpha value is -3.74. The number of benzene rings is 4. The van der Waals surface area contributed by atoms with Crippen LogP contribution in [0.4, 0.5) is 0 Å². The van der Waals surface area contributed by atoms with Crippen LogP contribution in [0.3, 0.4) is 0 Å². The van der Waals surface area contributed by atoms with Gasteiger partial charge >= 0.3 is 0 Å². The van der Waals surface area contributed by atoms with Crippen molar-refractivity contribution in [1.82, 2.24) is 10.2 Å². The second-order valence-electron chi connectivity index (χ2n) is 11.7. The van der Waals surface area contributed by atoms with E-state index in [-0.39, 0.29) is 22.8 Å². The van der Waals surface area contributed by atoms with E-state index >= 15 is 0 Å². The normalized spacial score (nSPS) is 16.0. The molecule has 1 heterocycles. The Morgan fingerprint density at radius 2 is 1.30 bits per heavy atom. The van der Waals surface area contributed by atoms with Crippen molar-refractivity contribution < 1.29 is 13.2 Å². The van der Waals surface area contributed by atoms with Crippen molar-refractivity contribution in [2.75, 3.05) is 25.9 Å². The summed E-state index contributed by atoms with van der Waals surface area (Å²) in [6.07, 6.45) is 4.75. The summed E-state index contributed by atoms with van der Waals surface area (Å²) in [6.45, 7) is 4.92. The van der Waals surface area contributed by atoms with Gasteiger partial charge in [-0.1, -0.05) is 104 Å². The van der Waals surface area contributed by atoms with Crippen LogP contribution in [0.15, 0.2) is 114 Å². The first-order chi connectivity index (χ1) is 20.8. The SMILES string of the molecule is CCC(C(=O)NC1CCN(CCC(c2ccccc2)c2ccc(-c3ccccc3)cc2)CC1)c1ccc(S(C)(=O)=O)cc1. The zero-order chi connectivity index (χ0) is 30.2. The van der Waals surface area contributed by atoms with Gasteiger partial charge in [0, 0.05) is 31.3 Å². The second-order valence-corrected chi connectivity index (χ2v) is 13.7. The standard InChI is InChI=1S/C37H42N2O3S/c1-3-35(31-18-20-34(21-19-31)43(2,41)42)37(40)38-33-22-25-39(26-23-33)27-24-36(30-12-8-5-9-13-30)32-16-14-29(15-17-32)28-10-6-4-7-11-28/h4-21,33,35-36H,3,22-27H2,1-2H3,(H,38,40). The molecule has 1 fully saturated rings. The Labute approximate surface area is 256 Å². The van der Waals surface area contributed by atoms with Crippen LogP contribution in [0.2, 0.25) is 0 Å². The Morgan fingerprint density at radius 3 is 1.88 bits per heavy atom. The molecule has 1 N–H and O–H groups in total. The third-order valence-corrected chi connectivity index (χ3v) is 9.85. The van der Waals surface area contributed by atoms with E-state index in [2.05, 4.69) is 89.1 Å². The molecule has 0 spiro atoms. The first-order valence-electron chi connectivity index (χ1n) is 15.3. The summed E-state index contributed by atoms with van der Waals surface area (Å²) in [7, 11) is -3.26. The summed E-state index contributed by atoms with van der Waals surface area (Å²) in [6, 6.07) is 37.2. The lowest BCUT2D eigenvalue weighted by molar-refractivity contribution is -0.123. The molecule has 1 aliphatic heterocycles. The van der Waals surface area contributed by atoms with Crippen LogP contribution >= 0.6 is 0 Å². The van der Waals surface area contributed by atoms with E-state index in [0.29, 0.717) is 12.3 Å². The second kappa shape index (κ2) is 14.2. The lowest BCUT2D eigenvalue weighted by atomic mass is 9.87. The van der Waals surface area contributed by atoms with Crippen molar-refractivity contribution in [3.8, 4) is 11.1 Å². The molecular formula is C37H42N2O3S. The Balaban J connectivity index is 1.17. The minimum absolute atomic E-state index is 0.0242. The van der Waals surface area contributed by atoms with Gasteiger partial charge in [0.25, 0.3) is 0 Å². The van der Waals surface area contributed by atoms with E-state index < -0.39 is 9.84 Å². The van der Waals surface area contributed by atoms with Crippen LogP contribution < -0.4 is 5.32 Å². The molecule has 0 aliphatic carbocycles. The third-order valence-electron chi connectivity index (χ3n) is 8.73. The van der Waals surface area contributed by atoms with Gasteiger partial charge in [-0.25, -0.2) is 8.42 Å². The molecule has 4 aromatic carbocycles. The van der Waals surface area contributed by atoms with Gasteiger partial charge < -0.3 is 10.2 Å². The minimum atomic E-state index is -3.26. The highest BCUT2D eigenvalue weighted by atomic mass is 32.2. The van der Waals surface area contributed by atoms with Crippen molar-refractivity contribution >= 4 is 15.7 Å². The molecule has 1 saturated heterocycles. The van der Waals surface area contributed by atoms with E-state index in [1.165, 1.54) is 28.5 Å². The molecule has 0 aromatic heterocycles. The van der Waals surface area contributed by atoms with E-state index in [1.54, 1.807) is 24.3 Å². The van der Waals surface area contributed by atoms with Crippen LogP contribution in [0, 0.1) is 0 Å². The number of piperidine rings is 1. The molecular weight excluding hydrogens is 552 g/mol. The lowest BCUT2D eigenvalue weighted by Gasteiger charge is -2.34. The van der Waals surface area contributed by atoms with Crippen molar-refractivity contribution in [1.29, 1.82) is 0 Å². The van der Waals surface area contributed by atoms with E-state index in [4.69, 9.17) is 0 Å². The number of nitrogens with one attached hydrogen (secondary N) is 1. The topological polar surface area (TPSA) is 66.5 Å². The summed E-state index contributed by atoms with van der Waals surface area (Å²) in [5.41, 5.74) is 6.00. The predicted octanol–water partition coefficient (Wildman–Crippen LogP) is 7.05. The average Bonchev–Trinajstić information content (AvgIpc) is 3.03. The van der Waals surface area contributed by atoms with Gasteiger partial charge in [-0.3, -0.25) is 4.79 Å².